The zero-order valence-corrected chi connectivity index (χ0v) is 10.9. The minimum absolute atomic E-state index is 0.123. The highest BCUT2D eigenvalue weighted by atomic mass is 19.1. The van der Waals surface area contributed by atoms with Crippen LogP contribution in [-0.2, 0) is 4.79 Å². The number of methoxy groups -OCH3 is 1. The average molecular weight is 254 g/mol. The lowest BCUT2D eigenvalue weighted by atomic mass is 10.0. The van der Waals surface area contributed by atoms with Gasteiger partial charge >= 0.3 is 0 Å². The normalized spacial score (nSPS) is 14.0. The fraction of sp³-hybridized carbons (Fsp3) is 0.462. The third kappa shape index (κ3) is 3.70. The molecule has 1 aromatic carbocycles. The molecule has 0 aliphatic rings. The van der Waals surface area contributed by atoms with Crippen molar-refractivity contribution in [2.45, 2.75) is 32.4 Å². The van der Waals surface area contributed by atoms with Gasteiger partial charge in [-0.2, -0.15) is 0 Å². The molecule has 1 aromatic rings. The number of amides is 1. The maximum atomic E-state index is 13.8. The van der Waals surface area contributed by atoms with E-state index in [1.807, 2.05) is 13.8 Å². The fourth-order valence-electron chi connectivity index (χ4n) is 1.99. The van der Waals surface area contributed by atoms with Gasteiger partial charge in [0.15, 0.2) is 0 Å². The number of hydrogen-bond acceptors (Lipinski definition) is 3. The van der Waals surface area contributed by atoms with Gasteiger partial charge in [0.1, 0.15) is 11.6 Å². The summed E-state index contributed by atoms with van der Waals surface area (Å²) in [4.78, 5) is 10.8. The Hall–Kier alpha value is -1.62. The van der Waals surface area contributed by atoms with Gasteiger partial charge in [-0.15, -0.1) is 0 Å². The zero-order chi connectivity index (χ0) is 13.7. The molecule has 2 atom stereocenters. The number of ether oxygens (including phenoxy) is 1. The molecule has 0 aliphatic heterocycles. The van der Waals surface area contributed by atoms with E-state index in [1.165, 1.54) is 13.2 Å². The van der Waals surface area contributed by atoms with E-state index >= 15 is 0 Å². The lowest BCUT2D eigenvalue weighted by Crippen LogP contribution is -2.33. The van der Waals surface area contributed by atoms with Crippen molar-refractivity contribution in [3.8, 4) is 5.75 Å². The molecule has 0 aliphatic carbocycles. The number of carbonyl (C=O) groups is 1. The van der Waals surface area contributed by atoms with Crippen molar-refractivity contribution in [3.05, 3.63) is 29.6 Å². The number of nitrogens with two attached hydrogens (primary N) is 1. The Morgan fingerprint density at radius 3 is 2.72 bits per heavy atom. The predicted octanol–water partition coefficient (Wildman–Crippen LogP) is 1.75. The second-order valence-electron chi connectivity index (χ2n) is 4.32. The van der Waals surface area contributed by atoms with E-state index in [2.05, 4.69) is 5.32 Å². The zero-order valence-electron chi connectivity index (χ0n) is 10.9. The van der Waals surface area contributed by atoms with Crippen LogP contribution in [0.25, 0.3) is 0 Å². The first-order valence-corrected chi connectivity index (χ1v) is 5.82. The van der Waals surface area contributed by atoms with Crippen molar-refractivity contribution in [2.75, 3.05) is 7.11 Å². The van der Waals surface area contributed by atoms with Crippen molar-refractivity contribution >= 4 is 5.91 Å². The van der Waals surface area contributed by atoms with Gasteiger partial charge in [0.2, 0.25) is 5.91 Å². The van der Waals surface area contributed by atoms with E-state index in [1.54, 1.807) is 12.1 Å². The van der Waals surface area contributed by atoms with Gasteiger partial charge in [0.05, 0.1) is 7.11 Å². The van der Waals surface area contributed by atoms with Crippen molar-refractivity contribution in [1.82, 2.24) is 5.32 Å². The Kier molecular flexibility index (Phi) is 5.09. The summed E-state index contributed by atoms with van der Waals surface area (Å²) in [5.41, 5.74) is 5.57. The van der Waals surface area contributed by atoms with Crippen molar-refractivity contribution in [1.29, 1.82) is 0 Å². The quantitative estimate of drug-likeness (QED) is 0.813. The number of halogens is 1. The fourth-order valence-corrected chi connectivity index (χ4v) is 1.99. The summed E-state index contributed by atoms with van der Waals surface area (Å²) >= 11 is 0. The largest absolute Gasteiger partial charge is 0.496 e. The van der Waals surface area contributed by atoms with Crippen LogP contribution in [0.15, 0.2) is 18.2 Å². The van der Waals surface area contributed by atoms with Gasteiger partial charge in [-0.05, 0) is 26.0 Å². The molecular formula is C13H19FN2O2. The third-order valence-corrected chi connectivity index (χ3v) is 2.71. The van der Waals surface area contributed by atoms with Crippen molar-refractivity contribution in [3.63, 3.8) is 0 Å². The number of benzene rings is 1. The van der Waals surface area contributed by atoms with E-state index in [9.17, 15) is 9.18 Å². The first kappa shape index (κ1) is 14.4. The summed E-state index contributed by atoms with van der Waals surface area (Å²) in [6.07, 6.45) is 0.209. The molecule has 4 nitrogen and oxygen atoms in total. The maximum Gasteiger partial charge on any atom is 0.218 e. The molecule has 18 heavy (non-hydrogen) atoms. The number of nitrogens with one attached hydrogen (secondary N) is 1. The molecule has 100 valence electrons. The minimum atomic E-state index is -0.386. The van der Waals surface area contributed by atoms with Crippen molar-refractivity contribution < 1.29 is 13.9 Å². The van der Waals surface area contributed by atoms with Crippen molar-refractivity contribution in [2.24, 2.45) is 5.73 Å². The second kappa shape index (κ2) is 6.35. The van der Waals surface area contributed by atoms with Gasteiger partial charge in [-0.3, -0.25) is 4.79 Å². The lowest BCUT2D eigenvalue weighted by Gasteiger charge is -2.21. The average Bonchev–Trinajstić information content (AvgIpc) is 2.26. The topological polar surface area (TPSA) is 64.3 Å². The molecule has 0 fully saturated rings. The summed E-state index contributed by atoms with van der Waals surface area (Å²) in [6, 6.07) is 4.29. The van der Waals surface area contributed by atoms with E-state index in [4.69, 9.17) is 10.5 Å². The van der Waals surface area contributed by atoms with Crippen LogP contribution in [0, 0.1) is 5.82 Å². The van der Waals surface area contributed by atoms with Gasteiger partial charge in [-0.25, -0.2) is 4.39 Å². The smallest absolute Gasteiger partial charge is 0.218 e. The summed E-state index contributed by atoms with van der Waals surface area (Å²) in [7, 11) is 1.50. The van der Waals surface area contributed by atoms with Crippen LogP contribution in [-0.4, -0.2) is 19.1 Å². The number of rotatable bonds is 6. The lowest BCUT2D eigenvalue weighted by molar-refractivity contribution is -0.118. The molecule has 5 heteroatoms. The van der Waals surface area contributed by atoms with Crippen LogP contribution in [0.4, 0.5) is 4.39 Å². The molecule has 0 radical (unpaired) electrons. The van der Waals surface area contributed by atoms with Crippen LogP contribution in [0.2, 0.25) is 0 Å². The van der Waals surface area contributed by atoms with Crippen LogP contribution in [0.3, 0.4) is 0 Å². The monoisotopic (exact) mass is 254 g/mol. The number of hydrogen-bond donors (Lipinski definition) is 2. The minimum Gasteiger partial charge on any atom is -0.496 e. The molecule has 0 saturated carbocycles. The van der Waals surface area contributed by atoms with Gasteiger partial charge in [-0.1, -0.05) is 6.07 Å². The van der Waals surface area contributed by atoms with Crippen LogP contribution < -0.4 is 15.8 Å². The number of carbonyl (C=O) groups excluding carboxylic acids is 1. The molecule has 2 unspecified atom stereocenters. The summed E-state index contributed by atoms with van der Waals surface area (Å²) in [5.74, 6) is -0.232. The Morgan fingerprint density at radius 1 is 1.50 bits per heavy atom. The van der Waals surface area contributed by atoms with Crippen LogP contribution in [0.5, 0.6) is 5.75 Å². The van der Waals surface area contributed by atoms with Crippen LogP contribution >= 0.6 is 0 Å². The summed E-state index contributed by atoms with van der Waals surface area (Å²) < 4.78 is 18.9. The molecule has 1 amide bonds. The molecule has 3 N–H and O–H groups in total. The Bertz CT molecular complexity index is 423. The molecule has 0 spiro atoms. The van der Waals surface area contributed by atoms with E-state index in [-0.39, 0.29) is 30.2 Å². The van der Waals surface area contributed by atoms with Crippen LogP contribution in [0.1, 0.15) is 31.9 Å². The molecular weight excluding hydrogens is 235 g/mol. The molecule has 0 aromatic heterocycles. The second-order valence-corrected chi connectivity index (χ2v) is 4.32. The molecule has 0 heterocycles. The SMILES string of the molecule is COc1cccc(F)c1C(C)NC(C)CC(N)=O. The summed E-state index contributed by atoms with van der Waals surface area (Å²) in [5, 5.41) is 3.12. The first-order chi connectivity index (χ1) is 8.45. The van der Waals surface area contributed by atoms with Gasteiger partial charge < -0.3 is 15.8 Å². The highest BCUT2D eigenvalue weighted by molar-refractivity contribution is 5.74. The van der Waals surface area contributed by atoms with E-state index < -0.39 is 0 Å². The number of primary amides is 1. The highest BCUT2D eigenvalue weighted by Gasteiger charge is 2.18. The Morgan fingerprint density at radius 2 is 2.17 bits per heavy atom. The van der Waals surface area contributed by atoms with Gasteiger partial charge in [0, 0.05) is 24.1 Å². The first-order valence-electron chi connectivity index (χ1n) is 5.82. The highest BCUT2D eigenvalue weighted by Crippen LogP contribution is 2.27. The Labute approximate surface area is 106 Å². The molecule has 0 bridgehead atoms. The van der Waals surface area contributed by atoms with E-state index in [0.29, 0.717) is 11.3 Å². The Balaban J connectivity index is 2.83. The maximum absolute atomic E-state index is 13.8. The van der Waals surface area contributed by atoms with E-state index in [0.717, 1.165) is 0 Å². The standard InChI is InChI=1S/C13H19FN2O2/c1-8(7-12(15)17)16-9(2)13-10(14)5-4-6-11(13)18-3/h4-6,8-9,16H,7H2,1-3H3,(H2,15,17). The molecule has 0 saturated heterocycles. The predicted molar refractivity (Wildman–Crippen MR) is 67.8 cm³/mol. The third-order valence-electron chi connectivity index (χ3n) is 2.71. The van der Waals surface area contributed by atoms with Gasteiger partial charge in [0.25, 0.3) is 0 Å². The summed E-state index contributed by atoms with van der Waals surface area (Å²) in [6.45, 7) is 3.65. The molecule has 1 rings (SSSR count).